The van der Waals surface area contributed by atoms with Gasteiger partial charge in [-0.3, -0.25) is 4.79 Å². The zero-order valence-corrected chi connectivity index (χ0v) is 12.9. The molecule has 0 saturated carbocycles. The van der Waals surface area contributed by atoms with Crippen LogP contribution in [-0.4, -0.2) is 41.6 Å². The number of amides is 1. The number of nitrogens with zero attached hydrogens (tertiary/aromatic N) is 2. The third kappa shape index (κ3) is 3.46. The summed E-state index contributed by atoms with van der Waals surface area (Å²) >= 11 is 6.01. The van der Waals surface area contributed by atoms with Gasteiger partial charge in [-0.2, -0.15) is 0 Å². The Kier molecular flexibility index (Phi) is 4.71. The summed E-state index contributed by atoms with van der Waals surface area (Å²) in [6.07, 6.45) is 2.39. The van der Waals surface area contributed by atoms with Crippen LogP contribution in [0.5, 0.6) is 0 Å². The van der Waals surface area contributed by atoms with Crippen LogP contribution in [0, 0.1) is 0 Å². The first kappa shape index (κ1) is 15.0. The van der Waals surface area contributed by atoms with E-state index < -0.39 is 0 Å². The third-order valence-electron chi connectivity index (χ3n) is 3.72. The number of halogens is 1. The Morgan fingerprint density at radius 1 is 1.27 bits per heavy atom. The van der Waals surface area contributed by atoms with Crippen LogP contribution in [0.3, 0.4) is 0 Å². The van der Waals surface area contributed by atoms with Gasteiger partial charge >= 0.3 is 0 Å². The fourth-order valence-corrected chi connectivity index (χ4v) is 2.82. The van der Waals surface area contributed by atoms with Gasteiger partial charge < -0.3 is 9.64 Å². The van der Waals surface area contributed by atoms with E-state index in [9.17, 15) is 4.79 Å². The van der Waals surface area contributed by atoms with Crippen molar-refractivity contribution in [1.29, 1.82) is 0 Å². The summed E-state index contributed by atoms with van der Waals surface area (Å²) in [5.41, 5.74) is 1.66. The van der Waals surface area contributed by atoms with E-state index in [4.69, 9.17) is 16.3 Å². The molecule has 3 rings (SSSR count). The third-order valence-corrected chi connectivity index (χ3v) is 4.02. The van der Waals surface area contributed by atoms with Crippen molar-refractivity contribution in [2.24, 2.45) is 0 Å². The Hall–Kier alpha value is -1.91. The molecule has 1 aliphatic heterocycles. The lowest BCUT2D eigenvalue weighted by atomic mass is 10.1. The van der Waals surface area contributed by atoms with Crippen molar-refractivity contribution in [3.8, 4) is 0 Å². The fraction of sp³-hybridized carbons (Fsp3) is 0.294. The molecule has 22 heavy (non-hydrogen) atoms. The number of hydrogen-bond acceptors (Lipinski definition) is 3. The largest absolute Gasteiger partial charge is 0.374 e. The summed E-state index contributed by atoms with van der Waals surface area (Å²) in [7, 11) is 0. The van der Waals surface area contributed by atoms with Crippen molar-refractivity contribution < 1.29 is 9.53 Å². The topological polar surface area (TPSA) is 42.4 Å². The summed E-state index contributed by atoms with van der Waals surface area (Å²) in [5.74, 6) is -0.0838. The van der Waals surface area contributed by atoms with E-state index in [-0.39, 0.29) is 17.2 Å². The van der Waals surface area contributed by atoms with Crippen LogP contribution in [0.4, 0.5) is 0 Å². The van der Waals surface area contributed by atoms with Gasteiger partial charge in [0.2, 0.25) is 0 Å². The second-order valence-corrected chi connectivity index (χ2v) is 5.63. The van der Waals surface area contributed by atoms with Crippen LogP contribution >= 0.6 is 11.6 Å². The zero-order valence-electron chi connectivity index (χ0n) is 12.1. The lowest BCUT2D eigenvalue weighted by molar-refractivity contribution is -0.0208. The van der Waals surface area contributed by atoms with E-state index in [0.29, 0.717) is 25.3 Å². The number of aromatic nitrogens is 1. The lowest BCUT2D eigenvalue weighted by Crippen LogP contribution is -2.46. The highest BCUT2D eigenvalue weighted by Crippen LogP contribution is 2.18. The van der Waals surface area contributed by atoms with Gasteiger partial charge in [0.25, 0.3) is 5.91 Å². The molecule has 0 aliphatic carbocycles. The maximum Gasteiger partial charge on any atom is 0.257 e. The second kappa shape index (κ2) is 6.90. The van der Waals surface area contributed by atoms with Gasteiger partial charge in [0.15, 0.2) is 0 Å². The summed E-state index contributed by atoms with van der Waals surface area (Å²) < 4.78 is 5.79. The summed E-state index contributed by atoms with van der Waals surface area (Å²) in [6, 6.07) is 13.6. The van der Waals surface area contributed by atoms with Crippen molar-refractivity contribution in [2.75, 3.05) is 19.7 Å². The number of rotatable bonds is 3. The van der Waals surface area contributed by atoms with E-state index in [0.717, 1.165) is 6.42 Å². The average molecular weight is 317 g/mol. The van der Waals surface area contributed by atoms with Crippen molar-refractivity contribution in [3.63, 3.8) is 0 Å². The molecule has 1 fully saturated rings. The number of ether oxygens (including phenoxy) is 1. The molecule has 1 atom stereocenters. The highest BCUT2D eigenvalue weighted by molar-refractivity contribution is 6.32. The summed E-state index contributed by atoms with van der Waals surface area (Å²) in [4.78, 5) is 18.3. The average Bonchev–Trinajstić information content (AvgIpc) is 2.56. The van der Waals surface area contributed by atoms with Crippen molar-refractivity contribution in [2.45, 2.75) is 12.5 Å². The number of morpholine rings is 1. The van der Waals surface area contributed by atoms with Crippen LogP contribution in [0.25, 0.3) is 0 Å². The number of benzene rings is 1. The Balaban J connectivity index is 1.68. The fourth-order valence-electron chi connectivity index (χ4n) is 2.62. The normalized spacial score (nSPS) is 18.2. The molecule has 0 bridgehead atoms. The highest BCUT2D eigenvalue weighted by atomic mass is 35.5. The van der Waals surface area contributed by atoms with Crippen LogP contribution in [0.1, 0.15) is 15.9 Å². The Labute approximate surface area is 134 Å². The Morgan fingerprint density at radius 2 is 2.09 bits per heavy atom. The van der Waals surface area contributed by atoms with Gasteiger partial charge in [-0.15, -0.1) is 0 Å². The molecule has 1 amide bonds. The van der Waals surface area contributed by atoms with E-state index in [1.807, 2.05) is 18.2 Å². The minimum atomic E-state index is -0.0838. The Morgan fingerprint density at radius 3 is 2.86 bits per heavy atom. The molecule has 5 heteroatoms. The minimum Gasteiger partial charge on any atom is -0.374 e. The molecular formula is C17H17ClN2O2. The summed E-state index contributed by atoms with van der Waals surface area (Å²) in [6.45, 7) is 1.69. The monoisotopic (exact) mass is 316 g/mol. The van der Waals surface area contributed by atoms with Crippen molar-refractivity contribution in [3.05, 3.63) is 64.9 Å². The number of carbonyl (C=O) groups excluding carboxylic acids is 1. The number of pyridine rings is 1. The SMILES string of the molecule is O=C(c1cccnc1Cl)N1CCOC(Cc2ccccc2)C1. The molecule has 0 N–H and O–H groups in total. The van der Waals surface area contributed by atoms with Gasteiger partial charge in [0, 0.05) is 25.7 Å². The molecular weight excluding hydrogens is 300 g/mol. The molecule has 1 saturated heterocycles. The first-order valence-corrected chi connectivity index (χ1v) is 7.67. The predicted octanol–water partition coefficient (Wildman–Crippen LogP) is 2.82. The van der Waals surface area contributed by atoms with E-state index in [2.05, 4.69) is 17.1 Å². The van der Waals surface area contributed by atoms with Crippen LogP contribution in [0.15, 0.2) is 48.7 Å². The van der Waals surface area contributed by atoms with Crippen LogP contribution in [0.2, 0.25) is 5.15 Å². The van der Waals surface area contributed by atoms with Crippen molar-refractivity contribution >= 4 is 17.5 Å². The molecule has 2 aromatic rings. The number of carbonyl (C=O) groups is 1. The maximum atomic E-state index is 12.6. The van der Waals surface area contributed by atoms with E-state index in [1.54, 1.807) is 23.2 Å². The molecule has 4 nitrogen and oxygen atoms in total. The smallest absolute Gasteiger partial charge is 0.257 e. The van der Waals surface area contributed by atoms with E-state index >= 15 is 0 Å². The van der Waals surface area contributed by atoms with Crippen LogP contribution < -0.4 is 0 Å². The standard InChI is InChI=1S/C17H17ClN2O2/c18-16-15(7-4-8-19-16)17(21)20-9-10-22-14(12-20)11-13-5-2-1-3-6-13/h1-8,14H,9-12H2. The molecule has 0 radical (unpaired) electrons. The summed E-state index contributed by atoms with van der Waals surface area (Å²) in [5, 5.41) is 0.249. The lowest BCUT2D eigenvalue weighted by Gasteiger charge is -2.33. The molecule has 1 aromatic carbocycles. The first-order chi connectivity index (χ1) is 10.7. The molecule has 1 aromatic heterocycles. The molecule has 2 heterocycles. The van der Waals surface area contributed by atoms with Crippen molar-refractivity contribution in [1.82, 2.24) is 9.88 Å². The molecule has 114 valence electrons. The zero-order chi connectivity index (χ0) is 15.4. The second-order valence-electron chi connectivity index (χ2n) is 5.28. The van der Waals surface area contributed by atoms with Gasteiger partial charge in [0.05, 0.1) is 18.3 Å². The quantitative estimate of drug-likeness (QED) is 0.818. The van der Waals surface area contributed by atoms with Gasteiger partial charge in [-0.25, -0.2) is 4.98 Å². The molecule has 1 unspecified atom stereocenters. The maximum absolute atomic E-state index is 12.6. The molecule has 0 spiro atoms. The van der Waals surface area contributed by atoms with E-state index in [1.165, 1.54) is 5.56 Å². The first-order valence-electron chi connectivity index (χ1n) is 7.29. The Bertz CT molecular complexity index is 648. The minimum absolute atomic E-state index is 0.00977. The number of hydrogen-bond donors (Lipinski definition) is 0. The molecule has 1 aliphatic rings. The predicted molar refractivity (Wildman–Crippen MR) is 85.0 cm³/mol. The highest BCUT2D eigenvalue weighted by Gasteiger charge is 2.26. The van der Waals surface area contributed by atoms with Gasteiger partial charge in [-0.1, -0.05) is 41.9 Å². The van der Waals surface area contributed by atoms with Gasteiger partial charge in [0.1, 0.15) is 5.15 Å². The van der Waals surface area contributed by atoms with Crippen LogP contribution in [-0.2, 0) is 11.2 Å². The van der Waals surface area contributed by atoms with Gasteiger partial charge in [-0.05, 0) is 17.7 Å².